The van der Waals surface area contributed by atoms with Gasteiger partial charge in [0.25, 0.3) is 0 Å². The Hall–Kier alpha value is -1.30. The standard InChI is InChI=1S/C18H26ClN3O2.ClH/c1-4-18(20,5-2)11-21-17(24)14-10-15(23)22(3)16(14)12-7-6-8-13(19)9-12;/h6-9,14,16H,4-5,10-11,20H2,1-3H3,(H,21,24);1H. The van der Waals surface area contributed by atoms with E-state index in [1.807, 2.05) is 32.0 Å². The molecule has 5 nitrogen and oxygen atoms in total. The number of hydrogen-bond donors (Lipinski definition) is 2. The molecule has 1 aliphatic heterocycles. The highest BCUT2D eigenvalue weighted by Crippen LogP contribution is 2.37. The first-order valence-electron chi connectivity index (χ1n) is 8.39. The van der Waals surface area contributed by atoms with Crippen LogP contribution in [0.25, 0.3) is 0 Å². The molecule has 0 spiro atoms. The van der Waals surface area contributed by atoms with Gasteiger partial charge in [0, 0.05) is 30.6 Å². The molecule has 0 radical (unpaired) electrons. The number of likely N-dealkylation sites (tertiary alicyclic amines) is 1. The molecule has 0 aromatic heterocycles. The van der Waals surface area contributed by atoms with Gasteiger partial charge in [-0.3, -0.25) is 9.59 Å². The van der Waals surface area contributed by atoms with Gasteiger partial charge in [0.05, 0.1) is 12.0 Å². The molecule has 0 saturated carbocycles. The van der Waals surface area contributed by atoms with Crippen LogP contribution in [0.5, 0.6) is 0 Å². The smallest absolute Gasteiger partial charge is 0.226 e. The Morgan fingerprint density at radius 2 is 2.04 bits per heavy atom. The van der Waals surface area contributed by atoms with Crippen LogP contribution >= 0.6 is 24.0 Å². The minimum absolute atomic E-state index is 0. The zero-order valence-corrected chi connectivity index (χ0v) is 16.5. The maximum absolute atomic E-state index is 12.7. The first kappa shape index (κ1) is 21.7. The van der Waals surface area contributed by atoms with E-state index >= 15 is 0 Å². The van der Waals surface area contributed by atoms with Gasteiger partial charge in [-0.2, -0.15) is 0 Å². The monoisotopic (exact) mass is 387 g/mol. The second kappa shape index (κ2) is 8.88. The number of hydrogen-bond acceptors (Lipinski definition) is 3. The molecule has 2 atom stereocenters. The molecule has 140 valence electrons. The SMILES string of the molecule is CCC(N)(CC)CNC(=O)C1CC(=O)N(C)C1c1cccc(Cl)c1.Cl. The number of carbonyl (C=O) groups excluding carboxylic acids is 2. The maximum atomic E-state index is 12.7. The molecular formula is C18H27Cl2N3O2. The first-order chi connectivity index (χ1) is 11.3. The molecule has 25 heavy (non-hydrogen) atoms. The van der Waals surface area contributed by atoms with Crippen LogP contribution in [0, 0.1) is 5.92 Å². The molecular weight excluding hydrogens is 361 g/mol. The Labute approximate surface area is 160 Å². The number of nitrogens with two attached hydrogens (primary N) is 1. The summed E-state index contributed by atoms with van der Waals surface area (Å²) in [5.74, 6) is -0.599. The van der Waals surface area contributed by atoms with E-state index in [2.05, 4.69) is 5.32 Å². The fraction of sp³-hybridized carbons (Fsp3) is 0.556. The number of benzene rings is 1. The van der Waals surface area contributed by atoms with Crippen molar-refractivity contribution in [2.24, 2.45) is 11.7 Å². The Balaban J connectivity index is 0.00000312. The van der Waals surface area contributed by atoms with E-state index in [-0.39, 0.29) is 36.7 Å². The lowest BCUT2D eigenvalue weighted by molar-refractivity contribution is -0.128. The van der Waals surface area contributed by atoms with Crippen molar-refractivity contribution in [1.29, 1.82) is 0 Å². The summed E-state index contributed by atoms with van der Waals surface area (Å²) in [5.41, 5.74) is 6.72. The minimum Gasteiger partial charge on any atom is -0.354 e. The molecule has 1 fully saturated rings. The normalized spacial score (nSPS) is 20.4. The zero-order valence-electron chi connectivity index (χ0n) is 14.9. The van der Waals surface area contributed by atoms with Gasteiger partial charge in [-0.25, -0.2) is 0 Å². The quantitative estimate of drug-likeness (QED) is 0.787. The molecule has 1 aromatic carbocycles. The summed E-state index contributed by atoms with van der Waals surface area (Å²) in [4.78, 5) is 26.5. The summed E-state index contributed by atoms with van der Waals surface area (Å²) in [6.45, 7) is 4.43. The van der Waals surface area contributed by atoms with Gasteiger partial charge < -0.3 is 16.0 Å². The number of amides is 2. The van der Waals surface area contributed by atoms with Gasteiger partial charge in [0.2, 0.25) is 11.8 Å². The van der Waals surface area contributed by atoms with E-state index in [0.717, 1.165) is 18.4 Å². The van der Waals surface area contributed by atoms with Crippen LogP contribution in [0.2, 0.25) is 5.02 Å². The average molecular weight is 388 g/mol. The van der Waals surface area contributed by atoms with Crippen molar-refractivity contribution in [3.63, 3.8) is 0 Å². The Kier molecular flexibility index (Phi) is 7.72. The maximum Gasteiger partial charge on any atom is 0.226 e. The lowest BCUT2D eigenvalue weighted by Crippen LogP contribution is -2.50. The van der Waals surface area contributed by atoms with Gasteiger partial charge in [-0.1, -0.05) is 37.6 Å². The highest BCUT2D eigenvalue weighted by Gasteiger charge is 2.43. The van der Waals surface area contributed by atoms with Crippen molar-refractivity contribution < 1.29 is 9.59 Å². The molecule has 2 unspecified atom stereocenters. The van der Waals surface area contributed by atoms with Crippen LogP contribution in [0.3, 0.4) is 0 Å². The fourth-order valence-corrected chi connectivity index (χ4v) is 3.34. The molecule has 1 aromatic rings. The summed E-state index contributed by atoms with van der Waals surface area (Å²) in [6.07, 6.45) is 1.77. The number of carbonyl (C=O) groups is 2. The predicted octanol–water partition coefficient (Wildman–Crippen LogP) is 2.91. The molecule has 1 heterocycles. The Morgan fingerprint density at radius 1 is 1.40 bits per heavy atom. The van der Waals surface area contributed by atoms with Crippen molar-refractivity contribution in [2.45, 2.75) is 44.7 Å². The minimum atomic E-state index is -0.432. The van der Waals surface area contributed by atoms with E-state index in [4.69, 9.17) is 17.3 Å². The van der Waals surface area contributed by atoms with Crippen LogP contribution in [0.4, 0.5) is 0 Å². The van der Waals surface area contributed by atoms with Crippen LogP contribution in [0.15, 0.2) is 24.3 Å². The summed E-state index contributed by atoms with van der Waals surface area (Å²) >= 11 is 6.07. The average Bonchev–Trinajstić information content (AvgIpc) is 2.87. The van der Waals surface area contributed by atoms with Gasteiger partial charge >= 0.3 is 0 Å². The molecule has 1 aliphatic rings. The zero-order chi connectivity index (χ0) is 17.9. The van der Waals surface area contributed by atoms with E-state index < -0.39 is 11.5 Å². The largest absolute Gasteiger partial charge is 0.354 e. The summed E-state index contributed by atoms with van der Waals surface area (Å²) in [6, 6.07) is 7.03. The highest BCUT2D eigenvalue weighted by atomic mass is 35.5. The second-order valence-electron chi connectivity index (χ2n) is 6.60. The van der Waals surface area contributed by atoms with Crippen molar-refractivity contribution >= 4 is 35.8 Å². The van der Waals surface area contributed by atoms with Gasteiger partial charge in [0.1, 0.15) is 0 Å². The van der Waals surface area contributed by atoms with Crippen molar-refractivity contribution in [3.05, 3.63) is 34.9 Å². The van der Waals surface area contributed by atoms with Crippen LogP contribution in [0.1, 0.15) is 44.7 Å². The van der Waals surface area contributed by atoms with Crippen molar-refractivity contribution in [2.75, 3.05) is 13.6 Å². The van der Waals surface area contributed by atoms with Gasteiger partial charge in [-0.05, 0) is 30.5 Å². The van der Waals surface area contributed by atoms with E-state index in [9.17, 15) is 9.59 Å². The van der Waals surface area contributed by atoms with E-state index in [1.165, 1.54) is 0 Å². The lowest BCUT2D eigenvalue weighted by atomic mass is 9.91. The second-order valence-corrected chi connectivity index (χ2v) is 7.04. The third-order valence-corrected chi connectivity index (χ3v) is 5.37. The molecule has 0 bridgehead atoms. The van der Waals surface area contributed by atoms with E-state index in [0.29, 0.717) is 11.6 Å². The van der Waals surface area contributed by atoms with Gasteiger partial charge in [-0.15, -0.1) is 12.4 Å². The Morgan fingerprint density at radius 3 is 2.60 bits per heavy atom. The van der Waals surface area contributed by atoms with E-state index in [1.54, 1.807) is 18.0 Å². The molecule has 7 heteroatoms. The van der Waals surface area contributed by atoms with Crippen molar-refractivity contribution in [3.8, 4) is 0 Å². The molecule has 2 rings (SSSR count). The summed E-state index contributed by atoms with van der Waals surface area (Å²) < 4.78 is 0. The third kappa shape index (κ3) is 4.87. The highest BCUT2D eigenvalue weighted by molar-refractivity contribution is 6.30. The number of halogens is 2. The number of rotatable bonds is 6. The lowest BCUT2D eigenvalue weighted by Gasteiger charge is -2.29. The topological polar surface area (TPSA) is 75.4 Å². The summed E-state index contributed by atoms with van der Waals surface area (Å²) in [7, 11) is 1.73. The molecule has 0 aliphatic carbocycles. The number of nitrogens with one attached hydrogen (secondary N) is 1. The van der Waals surface area contributed by atoms with Crippen LogP contribution in [-0.4, -0.2) is 35.8 Å². The van der Waals surface area contributed by atoms with Crippen LogP contribution in [-0.2, 0) is 9.59 Å². The summed E-state index contributed by atoms with van der Waals surface area (Å²) in [5, 5.41) is 3.54. The molecule has 3 N–H and O–H groups in total. The number of nitrogens with zero attached hydrogens (tertiary/aromatic N) is 1. The molecule has 1 saturated heterocycles. The Bertz CT molecular complexity index is 620. The van der Waals surface area contributed by atoms with Crippen molar-refractivity contribution in [1.82, 2.24) is 10.2 Å². The third-order valence-electron chi connectivity index (χ3n) is 5.14. The first-order valence-corrected chi connectivity index (χ1v) is 8.77. The predicted molar refractivity (Wildman–Crippen MR) is 103 cm³/mol. The van der Waals surface area contributed by atoms with Gasteiger partial charge in [0.15, 0.2) is 0 Å². The molecule has 2 amide bonds. The van der Waals surface area contributed by atoms with Crippen LogP contribution < -0.4 is 11.1 Å². The fourth-order valence-electron chi connectivity index (χ4n) is 3.15.